The molecule has 0 spiro atoms. The van der Waals surface area contributed by atoms with Crippen molar-refractivity contribution in [2.24, 2.45) is 5.73 Å². The van der Waals surface area contributed by atoms with E-state index in [0.29, 0.717) is 41.5 Å². The molecule has 0 atom stereocenters. The number of nitrogens with zero attached hydrogens (tertiary/aromatic N) is 2. The maximum atomic E-state index is 12.1. The SMILES string of the molecule is NC(=O)c1cccc2c1C/C(=C/CCN1CCC(O)(c3ccc(Cl)cc3)CC1)c1cccnc1O2. The molecule has 0 saturated carbocycles. The average molecular weight is 490 g/mol. The molecule has 0 unspecified atom stereocenters. The molecule has 1 aromatic heterocycles. The molecule has 6 nitrogen and oxygen atoms in total. The van der Waals surface area contributed by atoms with Crippen LogP contribution in [0.5, 0.6) is 11.6 Å². The van der Waals surface area contributed by atoms with Gasteiger partial charge in [-0.1, -0.05) is 35.9 Å². The normalized spacial score (nSPS) is 18.3. The first-order valence-electron chi connectivity index (χ1n) is 11.9. The highest BCUT2D eigenvalue weighted by Gasteiger charge is 2.33. The van der Waals surface area contributed by atoms with Crippen LogP contribution < -0.4 is 10.5 Å². The van der Waals surface area contributed by atoms with Gasteiger partial charge in [-0.25, -0.2) is 4.98 Å². The van der Waals surface area contributed by atoms with Gasteiger partial charge in [-0.3, -0.25) is 4.79 Å². The van der Waals surface area contributed by atoms with Gasteiger partial charge in [0.1, 0.15) is 5.75 Å². The third kappa shape index (κ3) is 4.96. The van der Waals surface area contributed by atoms with E-state index in [2.05, 4.69) is 16.0 Å². The number of carbonyl (C=O) groups is 1. The van der Waals surface area contributed by atoms with E-state index in [4.69, 9.17) is 22.1 Å². The fraction of sp³-hybridized carbons (Fsp3) is 0.286. The predicted molar refractivity (Wildman–Crippen MR) is 137 cm³/mol. The number of hydrogen-bond acceptors (Lipinski definition) is 5. The second-order valence-electron chi connectivity index (χ2n) is 9.18. The Kier molecular flexibility index (Phi) is 6.60. The molecule has 35 heavy (non-hydrogen) atoms. The molecule has 3 N–H and O–H groups in total. The Balaban J connectivity index is 1.30. The van der Waals surface area contributed by atoms with Crippen LogP contribution in [0.15, 0.2) is 66.9 Å². The molecule has 2 aromatic carbocycles. The van der Waals surface area contributed by atoms with Crippen molar-refractivity contribution in [2.45, 2.75) is 31.3 Å². The average Bonchev–Trinajstić information content (AvgIpc) is 3.02. The molecule has 3 aromatic rings. The third-order valence-electron chi connectivity index (χ3n) is 6.99. The van der Waals surface area contributed by atoms with Crippen LogP contribution in [0, 0.1) is 0 Å². The van der Waals surface area contributed by atoms with Crippen LogP contribution in [0.25, 0.3) is 5.57 Å². The Labute approximate surface area is 210 Å². The van der Waals surface area contributed by atoms with Crippen molar-refractivity contribution in [3.05, 3.63) is 94.1 Å². The van der Waals surface area contributed by atoms with Crippen LogP contribution in [0.2, 0.25) is 5.02 Å². The number of pyridine rings is 1. The topological polar surface area (TPSA) is 88.7 Å². The molecule has 0 bridgehead atoms. The summed E-state index contributed by atoms with van der Waals surface area (Å²) in [6, 6.07) is 16.7. The molecule has 2 aliphatic heterocycles. The molecule has 1 amide bonds. The van der Waals surface area contributed by atoms with E-state index in [1.165, 1.54) is 0 Å². The molecular weight excluding hydrogens is 462 g/mol. The molecule has 0 radical (unpaired) electrons. The lowest BCUT2D eigenvalue weighted by atomic mass is 9.84. The van der Waals surface area contributed by atoms with Crippen molar-refractivity contribution in [1.29, 1.82) is 0 Å². The van der Waals surface area contributed by atoms with Crippen LogP contribution >= 0.6 is 11.6 Å². The highest BCUT2D eigenvalue weighted by Crippen LogP contribution is 2.39. The van der Waals surface area contributed by atoms with Gasteiger partial charge < -0.3 is 20.5 Å². The quantitative estimate of drug-likeness (QED) is 0.530. The largest absolute Gasteiger partial charge is 0.438 e. The van der Waals surface area contributed by atoms with Crippen LogP contribution in [0.4, 0.5) is 0 Å². The Bertz CT molecular complexity index is 1260. The number of aliphatic hydroxyl groups is 1. The molecular formula is C28H28ClN3O3. The zero-order valence-electron chi connectivity index (χ0n) is 19.4. The molecule has 3 heterocycles. The molecule has 180 valence electrons. The minimum atomic E-state index is -0.808. The number of carbonyl (C=O) groups excluding carboxylic acids is 1. The number of ether oxygens (including phenoxy) is 1. The van der Waals surface area contributed by atoms with Gasteiger partial charge in [-0.15, -0.1) is 0 Å². The van der Waals surface area contributed by atoms with Gasteiger partial charge in [0.05, 0.1) is 5.60 Å². The van der Waals surface area contributed by atoms with E-state index >= 15 is 0 Å². The van der Waals surface area contributed by atoms with Crippen molar-refractivity contribution in [3.63, 3.8) is 0 Å². The summed E-state index contributed by atoms with van der Waals surface area (Å²) in [4.78, 5) is 18.9. The van der Waals surface area contributed by atoms with Crippen molar-refractivity contribution >= 4 is 23.1 Å². The summed E-state index contributed by atoms with van der Waals surface area (Å²) in [5.41, 5.74) is 9.01. The number of fused-ring (bicyclic) bond motifs is 2. The molecule has 1 fully saturated rings. The summed E-state index contributed by atoms with van der Waals surface area (Å²) in [7, 11) is 0. The minimum Gasteiger partial charge on any atom is -0.438 e. The standard InChI is InChI=1S/C28H28ClN3O3/c29-21-10-8-20(9-11-21)28(34)12-16-32(17-13-28)15-3-4-19-18-24-23(26(30)33)5-1-7-25(24)35-27-22(19)6-2-14-31-27/h1-2,4-11,14,34H,3,12-13,15-18H2,(H2,30,33)/b19-4-. The van der Waals surface area contributed by atoms with E-state index in [1.54, 1.807) is 18.3 Å². The number of piperidine rings is 1. The monoisotopic (exact) mass is 489 g/mol. The number of hydrogen-bond donors (Lipinski definition) is 2. The highest BCUT2D eigenvalue weighted by molar-refractivity contribution is 6.30. The molecule has 5 rings (SSSR count). The molecule has 0 aliphatic carbocycles. The summed E-state index contributed by atoms with van der Waals surface area (Å²) in [5.74, 6) is 0.678. The number of aromatic nitrogens is 1. The Hall–Kier alpha value is -3.19. The summed E-state index contributed by atoms with van der Waals surface area (Å²) in [6.07, 6.45) is 6.65. The first-order valence-corrected chi connectivity index (χ1v) is 12.3. The summed E-state index contributed by atoms with van der Waals surface area (Å²) in [6.45, 7) is 2.51. The third-order valence-corrected chi connectivity index (χ3v) is 7.24. The van der Waals surface area contributed by atoms with E-state index in [-0.39, 0.29) is 0 Å². The minimum absolute atomic E-state index is 0.467. The van der Waals surface area contributed by atoms with Crippen molar-refractivity contribution in [2.75, 3.05) is 19.6 Å². The van der Waals surface area contributed by atoms with Gasteiger partial charge in [0.25, 0.3) is 0 Å². The lowest BCUT2D eigenvalue weighted by Crippen LogP contribution is -2.42. The fourth-order valence-electron chi connectivity index (χ4n) is 4.98. The van der Waals surface area contributed by atoms with Crippen LogP contribution in [0.3, 0.4) is 0 Å². The predicted octanol–water partition coefficient (Wildman–Crippen LogP) is 4.94. The zero-order chi connectivity index (χ0) is 24.4. The maximum Gasteiger partial charge on any atom is 0.249 e. The fourth-order valence-corrected chi connectivity index (χ4v) is 5.11. The van der Waals surface area contributed by atoms with E-state index in [9.17, 15) is 9.90 Å². The summed E-state index contributed by atoms with van der Waals surface area (Å²) >= 11 is 6.00. The number of halogens is 1. The maximum absolute atomic E-state index is 12.1. The number of primary amides is 1. The number of rotatable bonds is 5. The lowest BCUT2D eigenvalue weighted by molar-refractivity contribution is -0.0254. The van der Waals surface area contributed by atoms with E-state index in [0.717, 1.165) is 48.3 Å². The van der Waals surface area contributed by atoms with Gasteiger partial charge in [0, 0.05) is 54.0 Å². The van der Waals surface area contributed by atoms with Crippen LogP contribution in [-0.4, -0.2) is 40.5 Å². The number of benzene rings is 2. The molecule has 7 heteroatoms. The van der Waals surface area contributed by atoms with Gasteiger partial charge in [-0.2, -0.15) is 0 Å². The van der Waals surface area contributed by atoms with Gasteiger partial charge in [0.2, 0.25) is 11.8 Å². The highest BCUT2D eigenvalue weighted by atomic mass is 35.5. The zero-order valence-corrected chi connectivity index (χ0v) is 20.2. The van der Waals surface area contributed by atoms with Gasteiger partial charge in [0.15, 0.2) is 0 Å². The first-order chi connectivity index (χ1) is 16.9. The Morgan fingerprint density at radius 3 is 2.66 bits per heavy atom. The van der Waals surface area contributed by atoms with E-state index in [1.807, 2.05) is 42.5 Å². The number of allylic oxidation sites excluding steroid dienone is 1. The van der Waals surface area contributed by atoms with Crippen molar-refractivity contribution in [1.82, 2.24) is 9.88 Å². The number of nitrogens with two attached hydrogens (primary N) is 1. The smallest absolute Gasteiger partial charge is 0.249 e. The second-order valence-corrected chi connectivity index (χ2v) is 9.62. The van der Waals surface area contributed by atoms with Gasteiger partial charge >= 0.3 is 0 Å². The first kappa shape index (κ1) is 23.5. The lowest BCUT2D eigenvalue weighted by Gasteiger charge is -2.38. The van der Waals surface area contributed by atoms with Crippen molar-refractivity contribution < 1.29 is 14.6 Å². The van der Waals surface area contributed by atoms with Crippen LogP contribution in [0.1, 0.15) is 46.3 Å². The second kappa shape index (κ2) is 9.82. The Morgan fingerprint density at radius 2 is 1.91 bits per heavy atom. The van der Waals surface area contributed by atoms with Crippen molar-refractivity contribution in [3.8, 4) is 11.6 Å². The Morgan fingerprint density at radius 1 is 1.14 bits per heavy atom. The molecule has 1 saturated heterocycles. The molecule has 2 aliphatic rings. The summed E-state index contributed by atoms with van der Waals surface area (Å²) in [5, 5.41) is 11.8. The number of amides is 1. The van der Waals surface area contributed by atoms with Gasteiger partial charge in [-0.05, 0) is 66.8 Å². The number of likely N-dealkylation sites (tertiary alicyclic amines) is 1. The van der Waals surface area contributed by atoms with Crippen LogP contribution in [-0.2, 0) is 12.0 Å². The van der Waals surface area contributed by atoms with E-state index < -0.39 is 11.5 Å². The summed E-state index contributed by atoms with van der Waals surface area (Å²) < 4.78 is 6.09.